The second-order valence-electron chi connectivity index (χ2n) is 18.6. The molecule has 14 nitrogen and oxygen atoms in total. The molecule has 3 saturated heterocycles. The largest absolute Gasteiger partial charge is 0.389 e. The van der Waals surface area contributed by atoms with Crippen LogP contribution in [0.15, 0.2) is 11.6 Å². The van der Waals surface area contributed by atoms with Crippen LogP contribution in [-0.4, -0.2) is 137 Å². The predicted molar refractivity (Wildman–Crippen MR) is 204 cm³/mol. The molecule has 7 aliphatic rings. The number of Topliss-reactive ketones (excluding diaryl/α,β-unsaturated/α-hetero) is 1. The molecule has 0 aromatic heterocycles. The predicted octanol–water partition coefficient (Wildman–Crippen LogP) is 4.79. The van der Waals surface area contributed by atoms with E-state index in [2.05, 4.69) is 19.9 Å². The first kappa shape index (κ1) is 44.0. The molecular formula is C43H70O14. The molecule has 57 heavy (non-hydrogen) atoms. The standard InChI is InChI=1S/C43H70O14/c1-23-38(45)32(48-7)19-36(51-23)55-39-24(2)53-37(21-33(39)49-8)56-57-40-25(3)52-35(20-34(40)50-9)54-27-12-15-41(4)26(18-27)10-11-29-28(41)13-16-42(5)30(31(44)22-47-6)14-17-43(29,42)46/h10,23-25,27-30,32-40,45-46H,11-22H2,1-9H3/t23-,24-,25-,27+,28+,29-,30-,32-,33+,34+,35+,36+,37+,38-,39-,40-,41+,42-,43+/m1/s1. The summed E-state index contributed by atoms with van der Waals surface area (Å²) in [5.74, 6) is 0.496. The van der Waals surface area contributed by atoms with E-state index >= 15 is 0 Å². The molecule has 7 rings (SSSR count). The molecule has 3 heterocycles. The molecule has 3 saturated carbocycles. The number of ether oxygens (including phenoxy) is 9. The van der Waals surface area contributed by atoms with Crippen LogP contribution in [0.25, 0.3) is 0 Å². The molecule has 2 N–H and O–H groups in total. The topological polar surface area (TPSA) is 159 Å². The highest BCUT2D eigenvalue weighted by Crippen LogP contribution is 2.68. The van der Waals surface area contributed by atoms with Gasteiger partial charge < -0.3 is 52.8 Å². The van der Waals surface area contributed by atoms with Gasteiger partial charge in [0, 0.05) is 59.0 Å². The maximum absolute atomic E-state index is 13.1. The average Bonchev–Trinajstić information content (AvgIpc) is 3.47. The number of carbonyl (C=O) groups excluding carboxylic acids is 1. The fourth-order valence-corrected chi connectivity index (χ4v) is 12.3. The average molecular weight is 811 g/mol. The van der Waals surface area contributed by atoms with E-state index in [4.69, 9.17) is 52.4 Å². The molecule has 0 aromatic rings. The second-order valence-corrected chi connectivity index (χ2v) is 18.6. The van der Waals surface area contributed by atoms with Crippen molar-refractivity contribution >= 4 is 5.78 Å². The summed E-state index contributed by atoms with van der Waals surface area (Å²) in [6.07, 6.45) is 4.71. The van der Waals surface area contributed by atoms with Crippen LogP contribution in [0.3, 0.4) is 0 Å². The van der Waals surface area contributed by atoms with Gasteiger partial charge in [-0.2, -0.15) is 0 Å². The van der Waals surface area contributed by atoms with Crippen molar-refractivity contribution in [1.82, 2.24) is 0 Å². The Morgan fingerprint density at radius 3 is 2.11 bits per heavy atom. The summed E-state index contributed by atoms with van der Waals surface area (Å²) in [6, 6.07) is 0. The number of allylic oxidation sites excluding steroid dienone is 1. The van der Waals surface area contributed by atoms with Crippen molar-refractivity contribution in [2.45, 2.75) is 191 Å². The molecule has 3 aliphatic heterocycles. The molecule has 0 radical (unpaired) electrons. The molecule has 14 heteroatoms. The van der Waals surface area contributed by atoms with Crippen molar-refractivity contribution in [3.05, 3.63) is 11.6 Å². The molecule has 19 atom stereocenters. The summed E-state index contributed by atoms with van der Waals surface area (Å²) in [5.41, 5.74) is 0.162. The number of hydrogen-bond acceptors (Lipinski definition) is 14. The highest BCUT2D eigenvalue weighted by atomic mass is 17.2. The monoisotopic (exact) mass is 810 g/mol. The zero-order valence-electron chi connectivity index (χ0n) is 35.6. The van der Waals surface area contributed by atoms with E-state index in [0.29, 0.717) is 31.6 Å². The van der Waals surface area contributed by atoms with Crippen LogP contribution in [0.1, 0.15) is 105 Å². The van der Waals surface area contributed by atoms with E-state index in [1.165, 1.54) is 5.57 Å². The molecular weight excluding hydrogens is 740 g/mol. The van der Waals surface area contributed by atoms with Crippen molar-refractivity contribution in [2.24, 2.45) is 28.6 Å². The Morgan fingerprint density at radius 2 is 1.39 bits per heavy atom. The van der Waals surface area contributed by atoms with Crippen molar-refractivity contribution in [3.8, 4) is 0 Å². The molecule has 4 aliphatic carbocycles. The van der Waals surface area contributed by atoms with Crippen LogP contribution in [0.4, 0.5) is 0 Å². The van der Waals surface area contributed by atoms with Crippen LogP contribution in [0.2, 0.25) is 0 Å². The van der Waals surface area contributed by atoms with E-state index < -0.39 is 66.5 Å². The molecule has 6 fully saturated rings. The Labute approximate surface area is 338 Å². The van der Waals surface area contributed by atoms with Gasteiger partial charge in [-0.05, 0) is 89.4 Å². The van der Waals surface area contributed by atoms with Gasteiger partial charge in [-0.3, -0.25) is 4.79 Å². The van der Waals surface area contributed by atoms with Gasteiger partial charge in [-0.15, -0.1) is 0 Å². The Balaban J connectivity index is 0.911. The van der Waals surface area contributed by atoms with E-state index in [1.807, 2.05) is 13.8 Å². The number of ketones is 1. The minimum atomic E-state index is -0.848. The third-order valence-electron chi connectivity index (χ3n) is 15.7. The van der Waals surface area contributed by atoms with Gasteiger partial charge in [0.1, 0.15) is 24.9 Å². The lowest BCUT2D eigenvalue weighted by Crippen LogP contribution is -2.61. The van der Waals surface area contributed by atoms with Gasteiger partial charge in [0.2, 0.25) is 0 Å². The third-order valence-corrected chi connectivity index (χ3v) is 15.7. The SMILES string of the molecule is COCC(=O)[C@H]1CC[C@]2(O)[C@@H]3CC=C4C[C@@H](O[C@H]5C[C@H](OC)[C@H](OO[C@H]6C[C@H](OC)[C@H](O[C@H]7C[C@@H](OC)[C@H](O)[C@@H](C)O7)[C@@H](C)O6)[C@@H](C)O5)CC[C@]4(C)[C@H]3CC[C@]12C. The zero-order chi connectivity index (χ0) is 40.9. The summed E-state index contributed by atoms with van der Waals surface area (Å²) in [5, 5.41) is 22.8. The lowest BCUT2D eigenvalue weighted by Gasteiger charge is -2.61. The summed E-state index contributed by atoms with van der Waals surface area (Å²) in [6.45, 7) is 10.3. The third kappa shape index (κ3) is 8.19. The van der Waals surface area contributed by atoms with Crippen molar-refractivity contribution in [3.63, 3.8) is 0 Å². The Kier molecular flexibility index (Phi) is 13.7. The minimum absolute atomic E-state index is 0.00790. The lowest BCUT2D eigenvalue weighted by molar-refractivity contribution is -0.447. The molecule has 0 spiro atoms. The number of aliphatic hydroxyl groups excluding tert-OH is 1. The fourth-order valence-electron chi connectivity index (χ4n) is 12.3. The smallest absolute Gasteiger partial charge is 0.194 e. The van der Waals surface area contributed by atoms with Gasteiger partial charge in [0.25, 0.3) is 0 Å². The maximum Gasteiger partial charge on any atom is 0.194 e. The number of hydrogen-bond donors (Lipinski definition) is 2. The molecule has 0 amide bonds. The van der Waals surface area contributed by atoms with Gasteiger partial charge in [-0.1, -0.05) is 25.5 Å². The first-order chi connectivity index (χ1) is 27.2. The maximum atomic E-state index is 13.1. The number of carbonyl (C=O) groups is 1. The fraction of sp³-hybridized carbons (Fsp3) is 0.930. The summed E-state index contributed by atoms with van der Waals surface area (Å²) < 4.78 is 54.0. The first-order valence-corrected chi connectivity index (χ1v) is 21.5. The minimum Gasteiger partial charge on any atom is -0.389 e. The van der Waals surface area contributed by atoms with Crippen LogP contribution in [0.5, 0.6) is 0 Å². The lowest BCUT2D eigenvalue weighted by atomic mass is 9.45. The van der Waals surface area contributed by atoms with Crippen molar-refractivity contribution < 1.29 is 67.4 Å². The van der Waals surface area contributed by atoms with Crippen LogP contribution >= 0.6 is 0 Å². The quantitative estimate of drug-likeness (QED) is 0.149. The van der Waals surface area contributed by atoms with Crippen LogP contribution < -0.4 is 0 Å². The number of aliphatic hydroxyl groups is 2. The molecule has 0 bridgehead atoms. The van der Waals surface area contributed by atoms with Crippen molar-refractivity contribution in [2.75, 3.05) is 35.0 Å². The van der Waals surface area contributed by atoms with Crippen LogP contribution in [0, 0.1) is 28.6 Å². The number of methoxy groups -OCH3 is 4. The van der Waals surface area contributed by atoms with Crippen molar-refractivity contribution in [1.29, 1.82) is 0 Å². The van der Waals surface area contributed by atoms with Gasteiger partial charge >= 0.3 is 0 Å². The zero-order valence-corrected chi connectivity index (χ0v) is 35.6. The van der Waals surface area contributed by atoms with E-state index in [1.54, 1.807) is 35.4 Å². The van der Waals surface area contributed by atoms with E-state index in [-0.39, 0.29) is 54.1 Å². The Morgan fingerprint density at radius 1 is 0.754 bits per heavy atom. The number of rotatable bonds is 13. The normalized spacial score (nSPS) is 50.1. The molecule has 0 aromatic carbocycles. The summed E-state index contributed by atoms with van der Waals surface area (Å²) in [4.78, 5) is 25.0. The highest BCUT2D eigenvalue weighted by Gasteiger charge is 2.67. The molecule has 0 unspecified atom stereocenters. The second kappa shape index (κ2) is 17.7. The summed E-state index contributed by atoms with van der Waals surface area (Å²) in [7, 11) is 6.44. The molecule has 326 valence electrons. The van der Waals surface area contributed by atoms with Gasteiger partial charge in [0.15, 0.2) is 24.7 Å². The summed E-state index contributed by atoms with van der Waals surface area (Å²) >= 11 is 0. The van der Waals surface area contributed by atoms with Gasteiger partial charge in [-0.25, -0.2) is 9.78 Å². The highest BCUT2D eigenvalue weighted by molar-refractivity contribution is 5.83. The Hall–Kier alpha value is -1.11. The van der Waals surface area contributed by atoms with Gasteiger partial charge in [0.05, 0.1) is 48.3 Å². The number of fused-ring (bicyclic) bond motifs is 5. The first-order valence-electron chi connectivity index (χ1n) is 21.5. The van der Waals surface area contributed by atoms with Crippen LogP contribution in [-0.2, 0) is 57.2 Å². The van der Waals surface area contributed by atoms with E-state index in [9.17, 15) is 15.0 Å². The Bertz CT molecular complexity index is 1410. The van der Waals surface area contributed by atoms with E-state index in [0.717, 1.165) is 44.9 Å².